The number of nitrogens with zero attached hydrogens (tertiary/aromatic N) is 1. The molecule has 0 spiro atoms. The first-order chi connectivity index (χ1) is 10.6. The molecule has 1 N–H and O–H groups in total. The van der Waals surface area contributed by atoms with Crippen molar-refractivity contribution in [3.05, 3.63) is 41.0 Å². The van der Waals surface area contributed by atoms with Crippen molar-refractivity contribution in [3.63, 3.8) is 0 Å². The number of hydrogen-bond acceptors (Lipinski definition) is 3. The molecule has 1 aliphatic heterocycles. The summed E-state index contributed by atoms with van der Waals surface area (Å²) in [6.45, 7) is 5.47. The van der Waals surface area contributed by atoms with E-state index in [9.17, 15) is 10.1 Å². The molecule has 0 aromatic heterocycles. The lowest BCUT2D eigenvalue weighted by Gasteiger charge is -2.10. The summed E-state index contributed by atoms with van der Waals surface area (Å²) in [7, 11) is 0. The van der Waals surface area contributed by atoms with Crippen molar-refractivity contribution in [1.29, 1.82) is 5.26 Å². The van der Waals surface area contributed by atoms with Crippen LogP contribution < -0.4 is 5.32 Å². The first-order valence-electron chi connectivity index (χ1n) is 7.71. The normalized spacial score (nSPS) is 18.3. The Hall–Kier alpha value is -2.12. The Morgan fingerprint density at radius 2 is 2.18 bits per heavy atom. The standard InChI is InChI=1S/C18H22N2O2/c1-13(2)15-7-5-14(6-8-15)10-16(11-19)18(21)20-12-17-4-3-9-22-17/h5-8,10,13,17H,3-4,9,12H2,1-2H3,(H,20,21)/b16-10-. The number of carbonyl (C=O) groups excluding carboxylic acids is 1. The number of nitriles is 1. The lowest BCUT2D eigenvalue weighted by molar-refractivity contribution is -0.117. The summed E-state index contributed by atoms with van der Waals surface area (Å²) in [5, 5.41) is 12.0. The summed E-state index contributed by atoms with van der Waals surface area (Å²) in [4.78, 5) is 12.1. The minimum Gasteiger partial charge on any atom is -0.376 e. The zero-order valence-electron chi connectivity index (χ0n) is 13.1. The smallest absolute Gasteiger partial charge is 0.262 e. The monoisotopic (exact) mass is 298 g/mol. The Morgan fingerprint density at radius 1 is 1.45 bits per heavy atom. The van der Waals surface area contributed by atoms with Crippen molar-refractivity contribution >= 4 is 12.0 Å². The summed E-state index contributed by atoms with van der Waals surface area (Å²) in [6.07, 6.45) is 3.69. The Balaban J connectivity index is 1.99. The van der Waals surface area contributed by atoms with Gasteiger partial charge in [0.05, 0.1) is 6.10 Å². The second-order valence-corrected chi connectivity index (χ2v) is 5.84. The van der Waals surface area contributed by atoms with Gasteiger partial charge < -0.3 is 10.1 Å². The molecule has 1 unspecified atom stereocenters. The molecule has 4 nitrogen and oxygen atoms in total. The quantitative estimate of drug-likeness (QED) is 0.671. The number of amides is 1. The number of nitrogens with one attached hydrogen (secondary N) is 1. The molecule has 1 aliphatic rings. The van der Waals surface area contributed by atoms with Crippen molar-refractivity contribution in [2.24, 2.45) is 0 Å². The van der Waals surface area contributed by atoms with Gasteiger partial charge in [0, 0.05) is 13.2 Å². The van der Waals surface area contributed by atoms with Crippen molar-refractivity contribution in [2.75, 3.05) is 13.2 Å². The summed E-state index contributed by atoms with van der Waals surface area (Å²) in [6, 6.07) is 9.88. The largest absolute Gasteiger partial charge is 0.376 e. The van der Waals surface area contributed by atoms with Gasteiger partial charge in [0.25, 0.3) is 5.91 Å². The molecule has 0 bridgehead atoms. The first kappa shape index (κ1) is 16.3. The molecule has 1 aromatic rings. The van der Waals surface area contributed by atoms with Gasteiger partial charge in [-0.3, -0.25) is 4.79 Å². The van der Waals surface area contributed by atoms with Gasteiger partial charge in [0.2, 0.25) is 0 Å². The lowest BCUT2D eigenvalue weighted by atomic mass is 10.0. The molecule has 1 atom stereocenters. The molecule has 1 fully saturated rings. The fourth-order valence-electron chi connectivity index (χ4n) is 2.40. The van der Waals surface area contributed by atoms with Crippen LogP contribution in [0.2, 0.25) is 0 Å². The van der Waals surface area contributed by atoms with Crippen LogP contribution in [0.5, 0.6) is 0 Å². The maximum atomic E-state index is 12.1. The van der Waals surface area contributed by atoms with Crippen LogP contribution in [-0.2, 0) is 9.53 Å². The zero-order chi connectivity index (χ0) is 15.9. The van der Waals surface area contributed by atoms with Gasteiger partial charge in [0.1, 0.15) is 11.6 Å². The molecule has 1 heterocycles. The summed E-state index contributed by atoms with van der Waals surface area (Å²) in [5.74, 6) is 0.120. The molecule has 4 heteroatoms. The Bertz CT molecular complexity index is 576. The lowest BCUT2D eigenvalue weighted by Crippen LogP contribution is -2.32. The van der Waals surface area contributed by atoms with E-state index in [0.717, 1.165) is 25.0 Å². The molecule has 1 amide bonds. The van der Waals surface area contributed by atoms with Gasteiger partial charge in [-0.15, -0.1) is 0 Å². The third kappa shape index (κ3) is 4.44. The van der Waals surface area contributed by atoms with Gasteiger partial charge in [-0.1, -0.05) is 38.1 Å². The minimum atomic E-state index is -0.342. The molecular weight excluding hydrogens is 276 g/mol. The Kier molecular flexibility index (Phi) is 5.74. The van der Waals surface area contributed by atoms with Crippen LogP contribution in [0.15, 0.2) is 29.8 Å². The molecule has 2 rings (SSSR count). The second kappa shape index (κ2) is 7.77. The highest BCUT2D eigenvalue weighted by Gasteiger charge is 2.17. The molecule has 0 aliphatic carbocycles. The number of carbonyl (C=O) groups is 1. The summed E-state index contributed by atoms with van der Waals surface area (Å²) < 4.78 is 5.45. The van der Waals surface area contributed by atoms with Crippen molar-refractivity contribution < 1.29 is 9.53 Å². The number of hydrogen-bond donors (Lipinski definition) is 1. The third-order valence-corrected chi connectivity index (χ3v) is 3.79. The maximum Gasteiger partial charge on any atom is 0.262 e. The van der Waals surface area contributed by atoms with Crippen LogP contribution in [0, 0.1) is 11.3 Å². The summed E-state index contributed by atoms with van der Waals surface area (Å²) in [5.41, 5.74) is 2.21. The number of rotatable bonds is 5. The van der Waals surface area contributed by atoms with E-state index in [1.54, 1.807) is 6.08 Å². The average molecular weight is 298 g/mol. The average Bonchev–Trinajstić information content (AvgIpc) is 3.04. The molecule has 1 saturated heterocycles. The molecule has 116 valence electrons. The molecule has 0 radical (unpaired) electrons. The Morgan fingerprint density at radius 3 is 2.73 bits per heavy atom. The van der Waals surface area contributed by atoms with E-state index in [1.165, 1.54) is 5.56 Å². The van der Waals surface area contributed by atoms with E-state index in [2.05, 4.69) is 19.2 Å². The van der Waals surface area contributed by atoms with Crippen molar-refractivity contribution in [3.8, 4) is 6.07 Å². The fourth-order valence-corrected chi connectivity index (χ4v) is 2.40. The van der Waals surface area contributed by atoms with Gasteiger partial charge in [-0.05, 0) is 36.0 Å². The van der Waals surface area contributed by atoms with E-state index < -0.39 is 0 Å². The minimum absolute atomic E-state index is 0.0780. The molecule has 0 saturated carbocycles. The van der Waals surface area contributed by atoms with Crippen LogP contribution in [0.4, 0.5) is 0 Å². The van der Waals surface area contributed by atoms with Gasteiger partial charge in [0.15, 0.2) is 0 Å². The molecule has 1 aromatic carbocycles. The predicted octanol–water partition coefficient (Wildman–Crippen LogP) is 3.01. The zero-order valence-corrected chi connectivity index (χ0v) is 13.1. The topological polar surface area (TPSA) is 62.1 Å². The second-order valence-electron chi connectivity index (χ2n) is 5.84. The van der Waals surface area contributed by atoms with Crippen LogP contribution in [0.3, 0.4) is 0 Å². The predicted molar refractivity (Wildman–Crippen MR) is 86.1 cm³/mol. The maximum absolute atomic E-state index is 12.1. The van der Waals surface area contributed by atoms with E-state index in [4.69, 9.17) is 4.74 Å². The van der Waals surface area contributed by atoms with Crippen LogP contribution in [0.25, 0.3) is 6.08 Å². The third-order valence-electron chi connectivity index (χ3n) is 3.79. The van der Waals surface area contributed by atoms with Crippen molar-refractivity contribution in [2.45, 2.75) is 38.7 Å². The molecular formula is C18H22N2O2. The highest BCUT2D eigenvalue weighted by molar-refractivity contribution is 6.01. The first-order valence-corrected chi connectivity index (χ1v) is 7.71. The van der Waals surface area contributed by atoms with Gasteiger partial charge in [-0.25, -0.2) is 0 Å². The highest BCUT2D eigenvalue weighted by atomic mass is 16.5. The van der Waals surface area contributed by atoms with Gasteiger partial charge >= 0.3 is 0 Å². The summed E-state index contributed by atoms with van der Waals surface area (Å²) >= 11 is 0. The van der Waals surface area contributed by atoms with E-state index in [0.29, 0.717) is 12.5 Å². The SMILES string of the molecule is CC(C)c1ccc(/C=C(/C#N)C(=O)NCC2CCCO2)cc1. The van der Waals surface area contributed by atoms with Crippen LogP contribution in [0.1, 0.15) is 43.7 Å². The Labute approximate surface area is 131 Å². The highest BCUT2D eigenvalue weighted by Crippen LogP contribution is 2.16. The van der Waals surface area contributed by atoms with Gasteiger partial charge in [-0.2, -0.15) is 5.26 Å². The number of ether oxygens (including phenoxy) is 1. The number of benzene rings is 1. The fraction of sp³-hybridized carbons (Fsp3) is 0.444. The van der Waals surface area contributed by atoms with Crippen molar-refractivity contribution in [1.82, 2.24) is 5.32 Å². The van der Waals surface area contributed by atoms with Crippen LogP contribution in [-0.4, -0.2) is 25.2 Å². The van der Waals surface area contributed by atoms with E-state index >= 15 is 0 Å². The van der Waals surface area contributed by atoms with Crippen LogP contribution >= 0.6 is 0 Å². The van der Waals surface area contributed by atoms with E-state index in [-0.39, 0.29) is 17.6 Å². The molecule has 22 heavy (non-hydrogen) atoms. The van der Waals surface area contributed by atoms with E-state index in [1.807, 2.05) is 30.3 Å².